The number of hydrogen-bond acceptors (Lipinski definition) is 6. The molecule has 1 heterocycles. The van der Waals surface area contributed by atoms with Gasteiger partial charge in [-0.1, -0.05) is 12.1 Å². The van der Waals surface area contributed by atoms with E-state index >= 15 is 0 Å². The lowest BCUT2D eigenvalue weighted by Crippen LogP contribution is -2.39. The number of carbonyl (C=O) groups excluding carboxylic acids is 2. The highest BCUT2D eigenvalue weighted by atomic mass is 79.9. The molecule has 1 aliphatic rings. The lowest BCUT2D eigenvalue weighted by atomic mass is 10.1. The van der Waals surface area contributed by atoms with Gasteiger partial charge in [0, 0.05) is 4.47 Å². The molecule has 0 bridgehead atoms. The zero-order valence-corrected chi connectivity index (χ0v) is 14.1. The van der Waals surface area contributed by atoms with E-state index in [1.165, 1.54) is 14.2 Å². The molecule has 0 N–H and O–H groups in total. The van der Waals surface area contributed by atoms with E-state index in [1.807, 2.05) is 25.1 Å². The molecule has 0 aliphatic carbocycles. The van der Waals surface area contributed by atoms with E-state index in [9.17, 15) is 9.59 Å². The smallest absolute Gasteiger partial charge is 0.355 e. The summed E-state index contributed by atoms with van der Waals surface area (Å²) in [5, 5.41) is 0. The first-order valence-corrected chi connectivity index (χ1v) is 7.30. The molecule has 0 radical (unpaired) electrons. The number of rotatable bonds is 3. The molecule has 0 saturated carbocycles. The van der Waals surface area contributed by atoms with Crippen LogP contribution in [-0.4, -0.2) is 39.5 Å². The van der Waals surface area contributed by atoms with Crippen molar-refractivity contribution in [1.82, 2.24) is 0 Å². The molecule has 0 saturated heterocycles. The fourth-order valence-corrected chi connectivity index (χ4v) is 2.96. The van der Waals surface area contributed by atoms with Gasteiger partial charge in [-0.05, 0) is 34.5 Å². The topological polar surface area (TPSA) is 65.1 Å². The van der Waals surface area contributed by atoms with Gasteiger partial charge in [0.2, 0.25) is 0 Å². The summed E-state index contributed by atoms with van der Waals surface area (Å²) in [6.45, 7) is 2.03. The van der Waals surface area contributed by atoms with Gasteiger partial charge in [-0.2, -0.15) is 0 Å². The molecule has 0 amide bonds. The maximum atomic E-state index is 12.2. The first-order valence-electron chi connectivity index (χ1n) is 6.51. The summed E-state index contributed by atoms with van der Waals surface area (Å²) in [6, 6.07) is 5.64. The fraction of sp³-hybridized carbons (Fsp3) is 0.333. The van der Waals surface area contributed by atoms with Crippen molar-refractivity contribution in [1.29, 1.82) is 0 Å². The van der Waals surface area contributed by atoms with Crippen molar-refractivity contribution in [2.24, 2.45) is 0 Å². The normalized spacial score (nSPS) is 14.8. The molecule has 0 atom stereocenters. The summed E-state index contributed by atoms with van der Waals surface area (Å²) in [6.07, 6.45) is 0. The van der Waals surface area contributed by atoms with Gasteiger partial charge < -0.3 is 19.1 Å². The zero-order valence-electron chi connectivity index (χ0n) is 12.5. The number of hydrogen-bond donors (Lipinski definition) is 0. The Balaban J connectivity index is 2.63. The van der Waals surface area contributed by atoms with Crippen LogP contribution in [0.3, 0.4) is 0 Å². The van der Waals surface area contributed by atoms with Crippen molar-refractivity contribution in [3.8, 4) is 0 Å². The van der Waals surface area contributed by atoms with Gasteiger partial charge in [-0.3, -0.25) is 0 Å². The molecule has 2 rings (SSSR count). The maximum absolute atomic E-state index is 12.2. The Morgan fingerprint density at radius 2 is 1.91 bits per heavy atom. The van der Waals surface area contributed by atoms with Crippen molar-refractivity contribution < 1.29 is 23.8 Å². The summed E-state index contributed by atoms with van der Waals surface area (Å²) in [5.41, 5.74) is 1.93. The number of ether oxygens (including phenoxy) is 3. The maximum Gasteiger partial charge on any atom is 0.355 e. The van der Waals surface area contributed by atoms with E-state index in [-0.39, 0.29) is 24.6 Å². The van der Waals surface area contributed by atoms with E-state index in [0.717, 1.165) is 15.7 Å². The van der Waals surface area contributed by atoms with Crippen LogP contribution in [0.2, 0.25) is 0 Å². The predicted molar refractivity (Wildman–Crippen MR) is 83.2 cm³/mol. The van der Waals surface area contributed by atoms with Crippen LogP contribution in [0.5, 0.6) is 0 Å². The monoisotopic (exact) mass is 369 g/mol. The molecule has 0 aromatic heterocycles. The Kier molecular flexibility index (Phi) is 5.20. The number of esters is 2. The van der Waals surface area contributed by atoms with Gasteiger partial charge in [0.05, 0.1) is 32.1 Å². The lowest BCUT2D eigenvalue weighted by Gasteiger charge is -2.32. The van der Waals surface area contributed by atoms with Gasteiger partial charge in [-0.15, -0.1) is 0 Å². The Morgan fingerprint density at radius 1 is 1.23 bits per heavy atom. The SMILES string of the molecule is COC(=O)C1=C(C(=O)OC)N(c2c(C)cccc2Br)COC1. The van der Waals surface area contributed by atoms with E-state index < -0.39 is 11.9 Å². The standard InChI is InChI=1S/C15H16BrNO5/c1-9-5-4-6-11(16)12(9)17-8-22-7-10(14(18)20-2)13(17)15(19)21-3/h4-6H,7-8H2,1-3H3. The summed E-state index contributed by atoms with van der Waals surface area (Å²) < 4.78 is 15.8. The second-order valence-corrected chi connectivity index (χ2v) is 5.48. The summed E-state index contributed by atoms with van der Waals surface area (Å²) in [7, 11) is 2.53. The van der Waals surface area contributed by atoms with Crippen LogP contribution < -0.4 is 4.90 Å². The third kappa shape index (κ3) is 3.00. The fourth-order valence-electron chi connectivity index (χ4n) is 2.28. The molecule has 1 aromatic rings. The zero-order chi connectivity index (χ0) is 16.3. The van der Waals surface area contributed by atoms with Crippen molar-refractivity contribution >= 4 is 33.6 Å². The average molecular weight is 370 g/mol. The first-order chi connectivity index (χ1) is 10.5. The van der Waals surface area contributed by atoms with Crippen molar-refractivity contribution in [2.75, 3.05) is 32.5 Å². The summed E-state index contributed by atoms with van der Waals surface area (Å²) in [5.74, 6) is -1.23. The van der Waals surface area contributed by atoms with Crippen LogP contribution in [0.1, 0.15) is 5.56 Å². The number of para-hydroxylation sites is 1. The van der Waals surface area contributed by atoms with Gasteiger partial charge in [0.1, 0.15) is 12.4 Å². The van der Waals surface area contributed by atoms with Gasteiger partial charge >= 0.3 is 11.9 Å². The molecular weight excluding hydrogens is 354 g/mol. The Morgan fingerprint density at radius 3 is 2.50 bits per heavy atom. The van der Waals surface area contributed by atoms with Crippen LogP contribution in [0, 0.1) is 6.92 Å². The Hall–Kier alpha value is -1.86. The minimum Gasteiger partial charge on any atom is -0.466 e. The van der Waals surface area contributed by atoms with Gasteiger partial charge in [0.15, 0.2) is 0 Å². The van der Waals surface area contributed by atoms with Gasteiger partial charge in [-0.25, -0.2) is 9.59 Å². The number of anilines is 1. The van der Waals surface area contributed by atoms with Crippen LogP contribution in [-0.2, 0) is 23.8 Å². The largest absolute Gasteiger partial charge is 0.466 e. The molecule has 0 fully saturated rings. The molecule has 0 unspecified atom stereocenters. The number of methoxy groups -OCH3 is 2. The molecule has 6 nitrogen and oxygen atoms in total. The van der Waals surface area contributed by atoms with Crippen molar-refractivity contribution in [2.45, 2.75) is 6.92 Å². The molecule has 1 aliphatic heterocycles. The molecule has 0 spiro atoms. The third-order valence-electron chi connectivity index (χ3n) is 3.29. The van der Waals surface area contributed by atoms with Crippen molar-refractivity contribution in [3.05, 3.63) is 39.5 Å². The summed E-state index contributed by atoms with van der Waals surface area (Å²) in [4.78, 5) is 25.8. The predicted octanol–water partition coefficient (Wildman–Crippen LogP) is 2.15. The quantitative estimate of drug-likeness (QED) is 0.760. The highest BCUT2D eigenvalue weighted by molar-refractivity contribution is 9.10. The first kappa shape index (κ1) is 16.5. The van der Waals surface area contributed by atoms with Crippen molar-refractivity contribution in [3.63, 3.8) is 0 Å². The number of benzene rings is 1. The molecule has 118 valence electrons. The van der Waals surface area contributed by atoms with Crippen LogP contribution in [0.25, 0.3) is 0 Å². The Bertz CT molecular complexity index is 621. The molecule has 1 aromatic carbocycles. The van der Waals surface area contributed by atoms with E-state index in [1.54, 1.807) is 4.90 Å². The van der Waals surface area contributed by atoms with Crippen LogP contribution >= 0.6 is 15.9 Å². The number of aryl methyl sites for hydroxylation is 1. The number of nitrogens with zero attached hydrogens (tertiary/aromatic N) is 1. The highest BCUT2D eigenvalue weighted by Crippen LogP contribution is 2.35. The van der Waals surface area contributed by atoms with E-state index in [2.05, 4.69) is 15.9 Å². The number of carbonyl (C=O) groups is 2. The molecule has 22 heavy (non-hydrogen) atoms. The minimum absolute atomic E-state index is 0.00287. The summed E-state index contributed by atoms with van der Waals surface area (Å²) >= 11 is 3.47. The molecule has 7 heteroatoms. The highest BCUT2D eigenvalue weighted by Gasteiger charge is 2.33. The second kappa shape index (κ2) is 6.93. The van der Waals surface area contributed by atoms with Crippen LogP contribution in [0.4, 0.5) is 5.69 Å². The van der Waals surface area contributed by atoms with Gasteiger partial charge in [0.25, 0.3) is 0 Å². The van der Waals surface area contributed by atoms with E-state index in [4.69, 9.17) is 14.2 Å². The third-order valence-corrected chi connectivity index (χ3v) is 3.93. The Labute approximate surface area is 136 Å². The average Bonchev–Trinajstić information content (AvgIpc) is 2.53. The number of halogens is 1. The molecular formula is C15H16BrNO5. The minimum atomic E-state index is -0.616. The van der Waals surface area contributed by atoms with E-state index in [0.29, 0.717) is 0 Å². The van der Waals surface area contributed by atoms with Crippen LogP contribution in [0.15, 0.2) is 33.9 Å². The second-order valence-electron chi connectivity index (χ2n) is 4.62. The lowest BCUT2D eigenvalue weighted by molar-refractivity contribution is -0.140.